The molecule has 0 bridgehead atoms. The highest BCUT2D eigenvalue weighted by molar-refractivity contribution is 7.92. The fourth-order valence-electron chi connectivity index (χ4n) is 1.52. The van der Waals surface area contributed by atoms with Gasteiger partial charge in [0.2, 0.25) is 10.0 Å². The zero-order valence-electron chi connectivity index (χ0n) is 8.93. The van der Waals surface area contributed by atoms with E-state index >= 15 is 0 Å². The van der Waals surface area contributed by atoms with Crippen molar-refractivity contribution in [2.45, 2.75) is 0 Å². The number of fused-ring (bicyclic) bond motifs is 1. The predicted octanol–water partition coefficient (Wildman–Crippen LogP) is 2.22. The number of nitrogens with zero attached hydrogens (tertiary/aromatic N) is 1. The lowest BCUT2D eigenvalue weighted by molar-refractivity contribution is 0.602. The molecule has 90 valence electrons. The van der Waals surface area contributed by atoms with Crippen LogP contribution in [0.4, 0.5) is 5.69 Å². The van der Waals surface area contributed by atoms with Gasteiger partial charge < -0.3 is 0 Å². The van der Waals surface area contributed by atoms with Gasteiger partial charge in [-0.05, 0) is 17.5 Å². The van der Waals surface area contributed by atoms with Gasteiger partial charge in [0, 0.05) is 23.7 Å². The quantitative estimate of drug-likeness (QED) is 0.867. The van der Waals surface area contributed by atoms with Crippen LogP contribution >= 0.6 is 11.6 Å². The first-order valence-electron chi connectivity index (χ1n) is 5.01. The summed E-state index contributed by atoms with van der Waals surface area (Å²) in [5, 5.41) is 1.71. The Balaban J connectivity index is 2.43. The number of aromatic nitrogens is 1. The van der Waals surface area contributed by atoms with Gasteiger partial charge in [0.15, 0.2) is 0 Å². The van der Waals surface area contributed by atoms with Gasteiger partial charge in [-0.25, -0.2) is 8.42 Å². The van der Waals surface area contributed by atoms with Gasteiger partial charge in [-0.15, -0.1) is 11.6 Å². The first-order chi connectivity index (χ1) is 8.12. The SMILES string of the molecule is O=S(=O)(CCCl)Nc1cccc2ccncc12. The largest absolute Gasteiger partial charge is 0.283 e. The topological polar surface area (TPSA) is 59.1 Å². The minimum Gasteiger partial charge on any atom is -0.283 e. The summed E-state index contributed by atoms with van der Waals surface area (Å²) in [6.45, 7) is 0. The number of hydrogen-bond acceptors (Lipinski definition) is 3. The number of halogens is 1. The van der Waals surface area contributed by atoms with Crippen LogP contribution in [0, 0.1) is 0 Å². The van der Waals surface area contributed by atoms with E-state index in [-0.39, 0.29) is 11.6 Å². The molecule has 0 saturated carbocycles. The van der Waals surface area contributed by atoms with Crippen molar-refractivity contribution in [1.82, 2.24) is 4.98 Å². The van der Waals surface area contributed by atoms with Crippen molar-refractivity contribution < 1.29 is 8.42 Å². The van der Waals surface area contributed by atoms with Crippen LogP contribution in [0.25, 0.3) is 10.8 Å². The first-order valence-corrected chi connectivity index (χ1v) is 7.20. The van der Waals surface area contributed by atoms with Crippen molar-refractivity contribution in [1.29, 1.82) is 0 Å². The number of sulfonamides is 1. The van der Waals surface area contributed by atoms with Gasteiger partial charge in [-0.1, -0.05) is 12.1 Å². The Hall–Kier alpha value is -1.33. The van der Waals surface area contributed by atoms with Crippen LogP contribution in [-0.2, 0) is 10.0 Å². The maximum absolute atomic E-state index is 11.6. The Morgan fingerprint density at radius 2 is 2.12 bits per heavy atom. The van der Waals surface area contributed by atoms with E-state index in [1.165, 1.54) is 0 Å². The van der Waals surface area contributed by atoms with Gasteiger partial charge in [0.05, 0.1) is 11.4 Å². The summed E-state index contributed by atoms with van der Waals surface area (Å²) in [4.78, 5) is 3.99. The van der Waals surface area contributed by atoms with E-state index in [4.69, 9.17) is 11.6 Å². The van der Waals surface area contributed by atoms with Gasteiger partial charge in [0.25, 0.3) is 0 Å². The third-order valence-corrected chi connectivity index (χ3v) is 3.98. The van der Waals surface area contributed by atoms with E-state index < -0.39 is 10.0 Å². The zero-order valence-corrected chi connectivity index (χ0v) is 10.5. The summed E-state index contributed by atoms with van der Waals surface area (Å²) in [6, 6.07) is 7.22. The van der Waals surface area contributed by atoms with Crippen LogP contribution in [0.1, 0.15) is 0 Å². The number of anilines is 1. The molecule has 0 amide bonds. The van der Waals surface area contributed by atoms with Crippen molar-refractivity contribution >= 4 is 38.1 Å². The summed E-state index contributed by atoms with van der Waals surface area (Å²) in [5.74, 6) is -0.0381. The molecule has 4 nitrogen and oxygen atoms in total. The van der Waals surface area contributed by atoms with E-state index in [0.717, 1.165) is 10.8 Å². The van der Waals surface area contributed by atoms with E-state index in [1.807, 2.05) is 12.1 Å². The predicted molar refractivity (Wildman–Crippen MR) is 69.9 cm³/mol. The van der Waals surface area contributed by atoms with Crippen molar-refractivity contribution in [3.63, 3.8) is 0 Å². The smallest absolute Gasteiger partial charge is 0.233 e. The van der Waals surface area contributed by atoms with Gasteiger partial charge in [-0.3, -0.25) is 9.71 Å². The Kier molecular flexibility index (Phi) is 3.49. The molecular formula is C11H11ClN2O2S. The molecule has 6 heteroatoms. The number of rotatable bonds is 4. The molecule has 1 heterocycles. The Morgan fingerprint density at radius 3 is 2.88 bits per heavy atom. The molecular weight excluding hydrogens is 260 g/mol. The lowest BCUT2D eigenvalue weighted by Crippen LogP contribution is -2.17. The number of pyridine rings is 1. The molecule has 0 radical (unpaired) electrons. The summed E-state index contributed by atoms with van der Waals surface area (Å²) < 4.78 is 25.8. The molecule has 1 aromatic carbocycles. The minimum atomic E-state index is -3.39. The number of nitrogens with one attached hydrogen (secondary N) is 1. The highest BCUT2D eigenvalue weighted by atomic mass is 35.5. The van der Waals surface area contributed by atoms with Crippen LogP contribution in [0.3, 0.4) is 0 Å². The second-order valence-electron chi connectivity index (χ2n) is 3.51. The van der Waals surface area contributed by atoms with Crippen LogP contribution in [-0.4, -0.2) is 25.0 Å². The fraction of sp³-hybridized carbons (Fsp3) is 0.182. The molecule has 0 aliphatic carbocycles. The summed E-state index contributed by atoms with van der Waals surface area (Å²) in [7, 11) is -3.39. The van der Waals surface area contributed by atoms with E-state index in [2.05, 4.69) is 9.71 Å². The van der Waals surface area contributed by atoms with Crippen LogP contribution < -0.4 is 4.72 Å². The summed E-state index contributed by atoms with van der Waals surface area (Å²) in [5.41, 5.74) is 0.528. The van der Waals surface area contributed by atoms with Crippen molar-refractivity contribution in [2.75, 3.05) is 16.4 Å². The highest BCUT2D eigenvalue weighted by Crippen LogP contribution is 2.22. The molecule has 2 aromatic rings. The second-order valence-corrected chi connectivity index (χ2v) is 5.73. The molecule has 1 N–H and O–H groups in total. The molecule has 0 atom stereocenters. The number of hydrogen-bond donors (Lipinski definition) is 1. The molecule has 0 spiro atoms. The Morgan fingerprint density at radius 1 is 1.29 bits per heavy atom. The number of benzene rings is 1. The van der Waals surface area contributed by atoms with E-state index in [0.29, 0.717) is 5.69 Å². The third-order valence-electron chi connectivity index (χ3n) is 2.29. The van der Waals surface area contributed by atoms with E-state index in [9.17, 15) is 8.42 Å². The van der Waals surface area contributed by atoms with Crippen LogP contribution in [0.15, 0.2) is 36.7 Å². The zero-order chi connectivity index (χ0) is 12.3. The van der Waals surface area contributed by atoms with Gasteiger partial charge in [-0.2, -0.15) is 0 Å². The Labute approximate surface area is 105 Å². The average molecular weight is 271 g/mol. The maximum Gasteiger partial charge on any atom is 0.233 e. The van der Waals surface area contributed by atoms with Crippen LogP contribution in [0.2, 0.25) is 0 Å². The first kappa shape index (κ1) is 12.1. The molecule has 0 fully saturated rings. The molecule has 0 aliphatic rings. The van der Waals surface area contributed by atoms with Gasteiger partial charge >= 0.3 is 0 Å². The van der Waals surface area contributed by atoms with Crippen molar-refractivity contribution in [2.24, 2.45) is 0 Å². The molecule has 17 heavy (non-hydrogen) atoms. The van der Waals surface area contributed by atoms with Crippen molar-refractivity contribution in [3.8, 4) is 0 Å². The molecule has 0 unspecified atom stereocenters. The lowest BCUT2D eigenvalue weighted by Gasteiger charge is -2.09. The molecule has 0 saturated heterocycles. The standard InChI is InChI=1S/C11H11ClN2O2S/c12-5-7-17(15,16)14-11-3-1-2-9-4-6-13-8-10(9)11/h1-4,6,8,14H,5,7H2. The molecule has 2 rings (SSSR count). The number of alkyl halides is 1. The average Bonchev–Trinajstić information content (AvgIpc) is 2.29. The summed E-state index contributed by atoms with van der Waals surface area (Å²) >= 11 is 5.44. The van der Waals surface area contributed by atoms with E-state index in [1.54, 1.807) is 24.5 Å². The fourth-order valence-corrected chi connectivity index (χ4v) is 2.95. The van der Waals surface area contributed by atoms with Gasteiger partial charge in [0.1, 0.15) is 0 Å². The normalized spacial score (nSPS) is 11.6. The van der Waals surface area contributed by atoms with Crippen molar-refractivity contribution in [3.05, 3.63) is 36.7 Å². The highest BCUT2D eigenvalue weighted by Gasteiger charge is 2.11. The minimum absolute atomic E-state index is 0.0678. The maximum atomic E-state index is 11.6. The third kappa shape index (κ3) is 2.87. The summed E-state index contributed by atoms with van der Waals surface area (Å²) in [6.07, 6.45) is 3.30. The molecule has 0 aliphatic heterocycles. The van der Waals surface area contributed by atoms with Crippen LogP contribution in [0.5, 0.6) is 0 Å². The lowest BCUT2D eigenvalue weighted by atomic mass is 10.1. The monoisotopic (exact) mass is 270 g/mol. The Bertz CT molecular complexity index is 623. The molecule has 1 aromatic heterocycles. The second kappa shape index (κ2) is 4.89.